The van der Waals surface area contributed by atoms with Gasteiger partial charge in [-0.25, -0.2) is 0 Å². The van der Waals surface area contributed by atoms with Crippen LogP contribution in [-0.2, 0) is 6.42 Å². The second kappa shape index (κ2) is 7.39. The lowest BCUT2D eigenvalue weighted by Gasteiger charge is -2.26. The lowest BCUT2D eigenvalue weighted by molar-refractivity contribution is 0.0999. The third kappa shape index (κ3) is 4.00. The number of carbonyl (C=O) groups excluding carboxylic acids is 1. The first-order valence-electron chi connectivity index (χ1n) is 6.37. The molecule has 2 N–H and O–H groups in total. The van der Waals surface area contributed by atoms with Gasteiger partial charge in [-0.05, 0) is 44.0 Å². The number of piperidine rings is 1. The molecule has 100 valence electrons. The van der Waals surface area contributed by atoms with Crippen LogP contribution in [0, 0.1) is 0 Å². The largest absolute Gasteiger partial charge is 0.366 e. The molecule has 1 aliphatic rings. The number of primary amides is 1. The van der Waals surface area contributed by atoms with Crippen LogP contribution < -0.4 is 5.73 Å². The number of nitrogens with zero attached hydrogens (tertiary/aromatic N) is 1. The third-order valence-corrected chi connectivity index (χ3v) is 3.43. The van der Waals surface area contributed by atoms with E-state index in [0.717, 1.165) is 18.5 Å². The zero-order valence-electron chi connectivity index (χ0n) is 10.6. The van der Waals surface area contributed by atoms with Crippen LogP contribution in [0.1, 0.15) is 35.2 Å². The molecule has 0 spiro atoms. The molecule has 0 unspecified atom stereocenters. The Morgan fingerprint density at radius 1 is 1.17 bits per heavy atom. The fourth-order valence-corrected chi connectivity index (χ4v) is 2.44. The highest BCUT2D eigenvalue weighted by molar-refractivity contribution is 5.94. The molecule has 1 heterocycles. The average molecular weight is 269 g/mol. The normalized spacial score (nSPS) is 16.0. The van der Waals surface area contributed by atoms with Crippen LogP contribution in [0.25, 0.3) is 0 Å². The Morgan fingerprint density at radius 3 is 2.50 bits per heavy atom. The summed E-state index contributed by atoms with van der Waals surface area (Å²) < 4.78 is 0. The van der Waals surface area contributed by atoms with Gasteiger partial charge in [0.15, 0.2) is 0 Å². The van der Waals surface area contributed by atoms with E-state index in [0.29, 0.717) is 5.56 Å². The van der Waals surface area contributed by atoms with E-state index in [9.17, 15) is 4.79 Å². The van der Waals surface area contributed by atoms with Gasteiger partial charge in [0.05, 0.1) is 0 Å². The lowest BCUT2D eigenvalue weighted by atomic mass is 10.0. The summed E-state index contributed by atoms with van der Waals surface area (Å²) in [7, 11) is 0. The molecule has 0 aliphatic carbocycles. The van der Waals surface area contributed by atoms with E-state index in [2.05, 4.69) is 4.90 Å². The van der Waals surface area contributed by atoms with E-state index in [1.165, 1.54) is 32.4 Å². The van der Waals surface area contributed by atoms with Gasteiger partial charge >= 0.3 is 0 Å². The number of carbonyl (C=O) groups is 1. The average Bonchev–Trinajstić information content (AvgIpc) is 2.38. The van der Waals surface area contributed by atoms with Gasteiger partial charge in [-0.3, -0.25) is 4.79 Å². The van der Waals surface area contributed by atoms with Crippen molar-refractivity contribution < 1.29 is 4.79 Å². The Morgan fingerprint density at radius 2 is 1.83 bits per heavy atom. The summed E-state index contributed by atoms with van der Waals surface area (Å²) in [6.45, 7) is 3.42. The van der Waals surface area contributed by atoms with Gasteiger partial charge in [-0.2, -0.15) is 0 Å². The molecule has 1 fully saturated rings. The van der Waals surface area contributed by atoms with Gasteiger partial charge in [0.1, 0.15) is 0 Å². The second-order valence-corrected chi connectivity index (χ2v) is 4.67. The maximum atomic E-state index is 11.3. The van der Waals surface area contributed by atoms with E-state index in [-0.39, 0.29) is 18.3 Å². The van der Waals surface area contributed by atoms with Crippen molar-refractivity contribution in [2.45, 2.75) is 25.7 Å². The van der Waals surface area contributed by atoms with E-state index < -0.39 is 0 Å². The van der Waals surface area contributed by atoms with Crippen LogP contribution in [-0.4, -0.2) is 30.4 Å². The Labute approximate surface area is 115 Å². The highest BCUT2D eigenvalue weighted by atomic mass is 35.5. The van der Waals surface area contributed by atoms with E-state index in [4.69, 9.17) is 5.73 Å². The van der Waals surface area contributed by atoms with Gasteiger partial charge in [-0.15, -0.1) is 12.4 Å². The highest BCUT2D eigenvalue weighted by Gasteiger charge is 2.12. The van der Waals surface area contributed by atoms with Gasteiger partial charge in [0.25, 0.3) is 0 Å². The Balaban J connectivity index is 0.00000162. The zero-order chi connectivity index (χ0) is 12.1. The predicted octanol–water partition coefficient (Wildman–Crippen LogP) is 2.24. The number of hydrogen-bond acceptors (Lipinski definition) is 2. The SMILES string of the molecule is Cl.NC(=O)c1ccccc1CCN1CCCCC1. The fourth-order valence-electron chi connectivity index (χ4n) is 2.44. The summed E-state index contributed by atoms with van der Waals surface area (Å²) in [4.78, 5) is 13.8. The third-order valence-electron chi connectivity index (χ3n) is 3.43. The van der Waals surface area contributed by atoms with Crippen LogP contribution in [0.2, 0.25) is 0 Å². The number of hydrogen-bond donors (Lipinski definition) is 1. The topological polar surface area (TPSA) is 46.3 Å². The summed E-state index contributed by atoms with van der Waals surface area (Å²) in [6, 6.07) is 7.65. The quantitative estimate of drug-likeness (QED) is 0.910. The molecule has 4 heteroatoms. The molecule has 2 rings (SSSR count). The fraction of sp³-hybridized carbons (Fsp3) is 0.500. The van der Waals surface area contributed by atoms with Gasteiger partial charge in [-0.1, -0.05) is 24.6 Å². The molecule has 1 aromatic carbocycles. The number of nitrogens with two attached hydrogens (primary N) is 1. The zero-order valence-corrected chi connectivity index (χ0v) is 11.4. The first-order valence-corrected chi connectivity index (χ1v) is 6.37. The highest BCUT2D eigenvalue weighted by Crippen LogP contribution is 2.12. The number of benzene rings is 1. The van der Waals surface area contributed by atoms with Crippen molar-refractivity contribution in [3.8, 4) is 0 Å². The van der Waals surface area contributed by atoms with Crippen molar-refractivity contribution in [1.29, 1.82) is 0 Å². The van der Waals surface area contributed by atoms with Crippen molar-refractivity contribution in [1.82, 2.24) is 4.90 Å². The first kappa shape index (κ1) is 15.0. The minimum absolute atomic E-state index is 0. The van der Waals surface area contributed by atoms with Crippen LogP contribution in [0.4, 0.5) is 0 Å². The van der Waals surface area contributed by atoms with Crippen molar-refractivity contribution >= 4 is 18.3 Å². The molecule has 1 aliphatic heterocycles. The minimum atomic E-state index is -0.320. The molecular weight excluding hydrogens is 248 g/mol. The maximum absolute atomic E-state index is 11.3. The van der Waals surface area contributed by atoms with Crippen LogP contribution in [0.5, 0.6) is 0 Å². The van der Waals surface area contributed by atoms with Crippen molar-refractivity contribution in [3.63, 3.8) is 0 Å². The smallest absolute Gasteiger partial charge is 0.248 e. The molecule has 0 radical (unpaired) electrons. The van der Waals surface area contributed by atoms with Crippen LogP contribution in [0.3, 0.4) is 0 Å². The van der Waals surface area contributed by atoms with E-state index in [1.807, 2.05) is 24.3 Å². The molecule has 1 amide bonds. The Hall–Kier alpha value is -1.06. The number of halogens is 1. The number of likely N-dealkylation sites (tertiary alicyclic amines) is 1. The van der Waals surface area contributed by atoms with E-state index >= 15 is 0 Å². The Kier molecular flexibility index (Phi) is 6.16. The summed E-state index contributed by atoms with van der Waals surface area (Å²) in [6.07, 6.45) is 4.88. The molecule has 0 atom stereocenters. The first-order chi connectivity index (χ1) is 8.27. The van der Waals surface area contributed by atoms with Crippen molar-refractivity contribution in [2.75, 3.05) is 19.6 Å². The van der Waals surface area contributed by atoms with E-state index in [1.54, 1.807) is 0 Å². The van der Waals surface area contributed by atoms with Crippen molar-refractivity contribution in [2.24, 2.45) is 5.73 Å². The Bertz CT molecular complexity index is 389. The summed E-state index contributed by atoms with van der Waals surface area (Å²) in [5, 5.41) is 0. The molecule has 0 bridgehead atoms. The second-order valence-electron chi connectivity index (χ2n) is 4.67. The summed E-state index contributed by atoms with van der Waals surface area (Å²) in [5.41, 5.74) is 7.12. The monoisotopic (exact) mass is 268 g/mol. The summed E-state index contributed by atoms with van der Waals surface area (Å²) >= 11 is 0. The lowest BCUT2D eigenvalue weighted by Crippen LogP contribution is -2.31. The minimum Gasteiger partial charge on any atom is -0.366 e. The van der Waals surface area contributed by atoms with Crippen LogP contribution >= 0.6 is 12.4 Å². The van der Waals surface area contributed by atoms with Crippen LogP contribution in [0.15, 0.2) is 24.3 Å². The number of amides is 1. The molecule has 0 saturated carbocycles. The predicted molar refractivity (Wildman–Crippen MR) is 76.2 cm³/mol. The van der Waals surface area contributed by atoms with Crippen molar-refractivity contribution in [3.05, 3.63) is 35.4 Å². The number of rotatable bonds is 4. The molecule has 1 aromatic rings. The molecule has 18 heavy (non-hydrogen) atoms. The molecular formula is C14H21ClN2O. The molecule has 1 saturated heterocycles. The van der Waals surface area contributed by atoms with Gasteiger partial charge in [0.2, 0.25) is 5.91 Å². The summed E-state index contributed by atoms with van der Waals surface area (Å²) in [5.74, 6) is -0.320. The standard InChI is InChI=1S/C14H20N2O.ClH/c15-14(17)13-7-3-2-6-12(13)8-11-16-9-4-1-5-10-16;/h2-3,6-7H,1,4-5,8-11H2,(H2,15,17);1H. The molecule has 3 nitrogen and oxygen atoms in total. The molecule has 0 aromatic heterocycles. The maximum Gasteiger partial charge on any atom is 0.248 e. The van der Waals surface area contributed by atoms with Gasteiger partial charge < -0.3 is 10.6 Å². The van der Waals surface area contributed by atoms with Gasteiger partial charge in [0, 0.05) is 12.1 Å².